The van der Waals surface area contributed by atoms with Gasteiger partial charge in [-0.1, -0.05) is 74.5 Å². The number of nitrogens with two attached hydrogens (primary N) is 1. The van der Waals surface area contributed by atoms with Crippen LogP contribution >= 0.6 is 15.2 Å². The summed E-state index contributed by atoms with van der Waals surface area (Å²) in [6.45, 7) is 6.12. The number of nitrogens with one attached hydrogen (secondary N) is 2. The van der Waals surface area contributed by atoms with Crippen LogP contribution in [0.4, 0.5) is 0 Å². The van der Waals surface area contributed by atoms with Crippen molar-refractivity contribution in [1.29, 1.82) is 0 Å². The molecule has 0 aromatic heterocycles. The van der Waals surface area contributed by atoms with Crippen LogP contribution in [0, 0.1) is 5.92 Å². The number of hydrogen-bond acceptors (Lipinski definition) is 6. The molecule has 0 heterocycles. The highest BCUT2D eigenvalue weighted by Gasteiger charge is 2.44. The molecule has 248 valence electrons. The van der Waals surface area contributed by atoms with Crippen molar-refractivity contribution in [2.45, 2.75) is 44.6 Å². The molecular weight excluding hydrogens is 636 g/mol. The SMILES string of the molecule is CC(C)COc1ccc([C@H](C)NC(=O)[C@H](C(=O)NCCc2ccc(C(P(=O)(O)O)P(=O)(O)O)cc2)c2ccccc2)cc1C(N)=O. The lowest BCUT2D eigenvalue weighted by atomic mass is 9.96. The number of hydrogen-bond donors (Lipinski definition) is 7. The Balaban J connectivity index is 1.72. The summed E-state index contributed by atoms with van der Waals surface area (Å²) in [5.41, 5.74) is 7.17. The van der Waals surface area contributed by atoms with Crippen LogP contribution < -0.4 is 21.1 Å². The van der Waals surface area contributed by atoms with Gasteiger partial charge in [0.2, 0.25) is 11.8 Å². The fraction of sp³-hybridized carbons (Fsp3) is 0.323. The van der Waals surface area contributed by atoms with Gasteiger partial charge in [-0.3, -0.25) is 23.5 Å². The molecule has 3 amide bonds. The third kappa shape index (κ3) is 10.1. The van der Waals surface area contributed by atoms with E-state index in [1.807, 2.05) is 13.8 Å². The molecule has 0 fully saturated rings. The zero-order chi connectivity index (χ0) is 34.2. The van der Waals surface area contributed by atoms with Gasteiger partial charge in [0, 0.05) is 6.54 Å². The molecule has 2 atom stereocenters. The molecular formula is C31H39N3O10P2. The highest BCUT2D eigenvalue weighted by Crippen LogP contribution is 2.69. The summed E-state index contributed by atoms with van der Waals surface area (Å²) >= 11 is 0. The van der Waals surface area contributed by atoms with Crippen LogP contribution in [0.5, 0.6) is 5.75 Å². The minimum absolute atomic E-state index is 0.0879. The maximum Gasteiger partial charge on any atom is 0.345 e. The number of amides is 3. The summed E-state index contributed by atoms with van der Waals surface area (Å²) in [6.07, 6.45) is 0.253. The molecule has 0 aliphatic carbocycles. The zero-order valence-electron chi connectivity index (χ0n) is 25.6. The standard InChI is InChI=1S/C31H39N3O10P2/c1-19(2)18-44-26-14-13-24(17-25(26)28(32)35)20(3)34-30(37)27(22-7-5-4-6-8-22)29(36)33-16-15-21-9-11-23(12-10-21)31(45(38,39)40)46(41,42)43/h4-14,17,19-20,27,31H,15-16,18H2,1-3H3,(H2,32,35)(H,33,36)(H,34,37)(H2,38,39,40)(H2,41,42,43)/t20-,27-/m0/s1. The minimum atomic E-state index is -5.15. The van der Waals surface area contributed by atoms with E-state index in [9.17, 15) is 43.1 Å². The molecule has 0 aliphatic rings. The van der Waals surface area contributed by atoms with Gasteiger partial charge in [0.15, 0.2) is 5.40 Å². The van der Waals surface area contributed by atoms with Crippen molar-refractivity contribution in [2.24, 2.45) is 11.7 Å². The maximum absolute atomic E-state index is 13.5. The van der Waals surface area contributed by atoms with Gasteiger partial charge in [0.05, 0.1) is 18.2 Å². The third-order valence-electron chi connectivity index (χ3n) is 6.99. The summed E-state index contributed by atoms with van der Waals surface area (Å²) < 4.78 is 29.1. The zero-order valence-corrected chi connectivity index (χ0v) is 27.4. The van der Waals surface area contributed by atoms with Gasteiger partial charge >= 0.3 is 15.2 Å². The molecule has 3 aromatic rings. The van der Waals surface area contributed by atoms with Gasteiger partial charge < -0.3 is 40.7 Å². The Labute approximate surface area is 266 Å². The van der Waals surface area contributed by atoms with Crippen molar-refractivity contribution in [3.05, 3.63) is 101 Å². The number of carbonyl (C=O) groups is 3. The van der Waals surface area contributed by atoms with Gasteiger partial charge in [0.1, 0.15) is 11.7 Å². The van der Waals surface area contributed by atoms with Crippen molar-refractivity contribution in [3.63, 3.8) is 0 Å². The minimum Gasteiger partial charge on any atom is -0.492 e. The molecule has 0 aliphatic heterocycles. The second kappa shape index (κ2) is 15.6. The Morgan fingerprint density at radius 2 is 1.39 bits per heavy atom. The molecule has 0 unspecified atom stereocenters. The van der Waals surface area contributed by atoms with E-state index in [1.165, 1.54) is 24.3 Å². The number of primary amides is 1. The maximum atomic E-state index is 13.5. The number of benzene rings is 3. The first kappa shape index (κ1) is 36.6. The first-order valence-electron chi connectivity index (χ1n) is 14.4. The van der Waals surface area contributed by atoms with Crippen molar-refractivity contribution in [1.82, 2.24) is 10.6 Å². The Kier molecular flexibility index (Phi) is 12.5. The lowest BCUT2D eigenvalue weighted by molar-refractivity contribution is -0.132. The summed E-state index contributed by atoms with van der Waals surface area (Å²) in [5.74, 6) is -2.50. The van der Waals surface area contributed by atoms with Gasteiger partial charge in [-0.2, -0.15) is 0 Å². The van der Waals surface area contributed by atoms with E-state index >= 15 is 0 Å². The van der Waals surface area contributed by atoms with Gasteiger partial charge in [0.25, 0.3) is 5.91 Å². The lowest BCUT2D eigenvalue weighted by Gasteiger charge is -2.22. The summed E-state index contributed by atoms with van der Waals surface area (Å²) in [4.78, 5) is 76.8. The predicted octanol–water partition coefficient (Wildman–Crippen LogP) is 3.49. The Hall–Kier alpha value is -3.83. The highest BCUT2D eigenvalue weighted by molar-refractivity contribution is 7.70. The average Bonchev–Trinajstić information content (AvgIpc) is 2.96. The van der Waals surface area contributed by atoms with Crippen molar-refractivity contribution in [3.8, 4) is 5.75 Å². The molecule has 13 nitrogen and oxygen atoms in total. The Morgan fingerprint density at radius 3 is 1.93 bits per heavy atom. The molecule has 8 N–H and O–H groups in total. The van der Waals surface area contributed by atoms with Crippen molar-refractivity contribution in [2.75, 3.05) is 13.2 Å². The van der Waals surface area contributed by atoms with E-state index < -0.39 is 50.3 Å². The number of rotatable bonds is 15. The topological polar surface area (TPSA) is 226 Å². The first-order valence-corrected chi connectivity index (χ1v) is 17.7. The molecule has 0 radical (unpaired) electrons. The summed E-state index contributed by atoms with van der Waals surface area (Å²) in [6, 6.07) is 18.0. The number of ether oxygens (including phenoxy) is 1. The van der Waals surface area contributed by atoms with E-state index in [4.69, 9.17) is 10.5 Å². The first-order chi connectivity index (χ1) is 21.5. The van der Waals surface area contributed by atoms with Crippen LogP contribution in [0.3, 0.4) is 0 Å². The van der Waals surface area contributed by atoms with Gasteiger partial charge in [-0.05, 0) is 53.6 Å². The number of carbonyl (C=O) groups excluding carboxylic acids is 3. The van der Waals surface area contributed by atoms with E-state index in [1.54, 1.807) is 55.5 Å². The molecule has 3 rings (SSSR count). The van der Waals surface area contributed by atoms with E-state index in [2.05, 4.69) is 10.6 Å². The fourth-order valence-corrected chi connectivity index (χ4v) is 7.40. The smallest absolute Gasteiger partial charge is 0.345 e. The van der Waals surface area contributed by atoms with Crippen LogP contribution in [0.2, 0.25) is 0 Å². The normalized spacial score (nSPS) is 13.2. The van der Waals surface area contributed by atoms with E-state index in [-0.39, 0.29) is 30.0 Å². The largest absolute Gasteiger partial charge is 0.492 e. The summed E-state index contributed by atoms with van der Waals surface area (Å²) in [7, 11) is -10.3. The summed E-state index contributed by atoms with van der Waals surface area (Å²) in [5, 5.41) is 3.30. The van der Waals surface area contributed by atoms with Gasteiger partial charge in [-0.15, -0.1) is 0 Å². The van der Waals surface area contributed by atoms with Gasteiger partial charge in [-0.25, -0.2) is 0 Å². The molecule has 0 saturated carbocycles. The van der Waals surface area contributed by atoms with Crippen LogP contribution in [0.1, 0.15) is 70.7 Å². The molecule has 0 spiro atoms. The van der Waals surface area contributed by atoms with Crippen LogP contribution in [0.25, 0.3) is 0 Å². The molecule has 46 heavy (non-hydrogen) atoms. The van der Waals surface area contributed by atoms with E-state index in [0.29, 0.717) is 29.0 Å². The molecule has 0 bridgehead atoms. The molecule has 3 aromatic carbocycles. The lowest BCUT2D eigenvalue weighted by Crippen LogP contribution is -2.41. The van der Waals surface area contributed by atoms with Crippen LogP contribution in [-0.2, 0) is 25.1 Å². The monoisotopic (exact) mass is 675 g/mol. The molecule has 15 heteroatoms. The van der Waals surface area contributed by atoms with Crippen LogP contribution in [-0.4, -0.2) is 50.4 Å². The fourth-order valence-electron chi connectivity index (χ4n) is 4.71. The highest BCUT2D eigenvalue weighted by atomic mass is 31.2. The third-order valence-corrected chi connectivity index (χ3v) is 10.7. The van der Waals surface area contributed by atoms with Crippen molar-refractivity contribution >= 4 is 32.9 Å². The predicted molar refractivity (Wildman–Crippen MR) is 171 cm³/mol. The Morgan fingerprint density at radius 1 is 0.804 bits per heavy atom. The second-order valence-electron chi connectivity index (χ2n) is 11.2. The Bertz CT molecular complexity index is 1600. The van der Waals surface area contributed by atoms with Crippen molar-refractivity contribution < 1.29 is 47.8 Å². The van der Waals surface area contributed by atoms with Crippen LogP contribution in [0.15, 0.2) is 72.8 Å². The molecule has 0 saturated heterocycles. The van der Waals surface area contributed by atoms with E-state index in [0.717, 1.165) is 0 Å². The second-order valence-corrected chi connectivity index (χ2v) is 15.0. The average molecular weight is 676 g/mol. The quantitative estimate of drug-likeness (QED) is 0.0917.